The average Bonchev–Trinajstić information content (AvgIpc) is 3.08. The molecule has 6 heteroatoms. The van der Waals surface area contributed by atoms with Crippen LogP contribution in [0.5, 0.6) is 5.75 Å². The van der Waals surface area contributed by atoms with Gasteiger partial charge in [-0.2, -0.15) is 0 Å². The molecule has 2 aromatic carbocycles. The average molecular weight is 348 g/mol. The Kier molecular flexibility index (Phi) is 4.28. The van der Waals surface area contributed by atoms with Crippen LogP contribution in [0.25, 0.3) is 20.8 Å². The van der Waals surface area contributed by atoms with Gasteiger partial charge in [-0.05, 0) is 42.5 Å². The Hall–Kier alpha value is -2.96. The highest BCUT2D eigenvalue weighted by molar-refractivity contribution is 7.21. The third kappa shape index (κ3) is 3.45. The molecule has 0 aliphatic heterocycles. The second kappa shape index (κ2) is 6.88. The van der Waals surface area contributed by atoms with Crippen molar-refractivity contribution in [2.75, 3.05) is 5.43 Å². The smallest absolute Gasteiger partial charge is 0.140 e. The maximum atomic E-state index is 10.1. The molecule has 0 saturated heterocycles. The fourth-order valence-corrected chi connectivity index (χ4v) is 3.48. The molecule has 2 heterocycles. The van der Waals surface area contributed by atoms with Gasteiger partial charge in [-0.15, -0.1) is 11.3 Å². The van der Waals surface area contributed by atoms with E-state index >= 15 is 0 Å². The summed E-state index contributed by atoms with van der Waals surface area (Å²) in [5.41, 5.74) is 8.87. The van der Waals surface area contributed by atoms with Crippen LogP contribution in [0, 0.1) is 0 Å². The van der Waals surface area contributed by atoms with E-state index in [1.807, 2.05) is 48.5 Å². The number of rotatable bonds is 5. The number of hydrazine groups is 1. The topological polar surface area (TPSA) is 70.1 Å². The lowest BCUT2D eigenvalue weighted by Crippen LogP contribution is -2.21. The van der Waals surface area contributed by atoms with Crippen molar-refractivity contribution in [3.8, 4) is 16.3 Å². The Labute approximate surface area is 149 Å². The largest absolute Gasteiger partial charge is 0.508 e. The molecule has 0 atom stereocenters. The molecule has 0 aliphatic carbocycles. The van der Waals surface area contributed by atoms with E-state index in [-0.39, 0.29) is 5.75 Å². The van der Waals surface area contributed by atoms with Gasteiger partial charge in [0, 0.05) is 23.9 Å². The predicted octanol–water partition coefficient (Wildman–Crippen LogP) is 4.18. The first-order chi connectivity index (χ1) is 12.3. The van der Waals surface area contributed by atoms with Crippen LogP contribution in [0.1, 0.15) is 5.56 Å². The Balaban J connectivity index is 1.54. The Bertz CT molecular complexity index is 968. The van der Waals surface area contributed by atoms with Crippen molar-refractivity contribution in [3.63, 3.8) is 0 Å². The van der Waals surface area contributed by atoms with Crippen molar-refractivity contribution in [2.24, 2.45) is 0 Å². The van der Waals surface area contributed by atoms with Crippen LogP contribution in [-0.2, 0) is 6.54 Å². The lowest BCUT2D eigenvalue weighted by molar-refractivity contribution is 0.466. The summed E-state index contributed by atoms with van der Waals surface area (Å²) in [4.78, 5) is 8.85. The fourth-order valence-electron chi connectivity index (χ4n) is 2.52. The molecular weight excluding hydrogens is 332 g/mol. The monoisotopic (exact) mass is 348 g/mol. The molecule has 0 bridgehead atoms. The lowest BCUT2D eigenvalue weighted by atomic mass is 10.1. The standard InChI is InChI=1S/C19H16N4OS/c24-16-9-8-13(19-22-15-5-1-2-6-17(15)25-19)11-14(16)12-21-23-18-7-3-4-10-20-18/h1-11,21,24H,12H2,(H,20,23). The van der Waals surface area contributed by atoms with Gasteiger partial charge in [-0.3, -0.25) is 0 Å². The highest BCUT2D eigenvalue weighted by atomic mass is 32.1. The number of phenols is 1. The number of nitrogens with zero attached hydrogens (tertiary/aromatic N) is 2. The lowest BCUT2D eigenvalue weighted by Gasteiger charge is -2.10. The molecule has 0 amide bonds. The van der Waals surface area contributed by atoms with Crippen molar-refractivity contribution in [3.05, 3.63) is 72.4 Å². The number of para-hydroxylation sites is 1. The molecule has 0 aliphatic rings. The first kappa shape index (κ1) is 15.6. The molecule has 25 heavy (non-hydrogen) atoms. The van der Waals surface area contributed by atoms with Crippen LogP contribution in [0.4, 0.5) is 5.82 Å². The number of benzene rings is 2. The number of fused-ring (bicyclic) bond motifs is 1. The van der Waals surface area contributed by atoms with Gasteiger partial charge in [0.15, 0.2) is 0 Å². The van der Waals surface area contributed by atoms with Crippen molar-refractivity contribution >= 4 is 27.4 Å². The molecule has 4 aromatic rings. The van der Waals surface area contributed by atoms with E-state index in [2.05, 4.69) is 26.9 Å². The second-order valence-corrected chi connectivity index (χ2v) is 6.55. The van der Waals surface area contributed by atoms with Crippen LogP contribution in [0.3, 0.4) is 0 Å². The highest BCUT2D eigenvalue weighted by Crippen LogP contribution is 2.32. The third-order valence-electron chi connectivity index (χ3n) is 3.78. The number of phenolic OH excluding ortho intramolecular Hbond substituents is 1. The van der Waals surface area contributed by atoms with Gasteiger partial charge in [-0.25, -0.2) is 15.4 Å². The van der Waals surface area contributed by atoms with Gasteiger partial charge in [0.1, 0.15) is 16.6 Å². The summed E-state index contributed by atoms with van der Waals surface area (Å²) in [5, 5.41) is 11.1. The zero-order chi connectivity index (χ0) is 17.1. The molecule has 0 radical (unpaired) electrons. The van der Waals surface area contributed by atoms with Gasteiger partial charge >= 0.3 is 0 Å². The first-order valence-electron chi connectivity index (χ1n) is 7.87. The van der Waals surface area contributed by atoms with Crippen molar-refractivity contribution in [1.82, 2.24) is 15.4 Å². The SMILES string of the molecule is Oc1ccc(-c2nc3ccccc3s2)cc1CNNc1ccccn1. The summed E-state index contributed by atoms with van der Waals surface area (Å²) >= 11 is 1.65. The van der Waals surface area contributed by atoms with E-state index in [4.69, 9.17) is 0 Å². The van der Waals surface area contributed by atoms with E-state index in [0.29, 0.717) is 6.54 Å². The van der Waals surface area contributed by atoms with Crippen LogP contribution in [0.2, 0.25) is 0 Å². The minimum atomic E-state index is 0.250. The number of hydrogen-bond donors (Lipinski definition) is 3. The Morgan fingerprint density at radius 3 is 2.72 bits per heavy atom. The molecule has 0 saturated carbocycles. The maximum absolute atomic E-state index is 10.1. The Morgan fingerprint density at radius 2 is 1.88 bits per heavy atom. The number of hydrogen-bond acceptors (Lipinski definition) is 6. The van der Waals surface area contributed by atoms with Gasteiger partial charge in [0.25, 0.3) is 0 Å². The zero-order valence-electron chi connectivity index (χ0n) is 13.3. The summed E-state index contributed by atoms with van der Waals surface area (Å²) in [6, 6.07) is 19.3. The van der Waals surface area contributed by atoms with E-state index < -0.39 is 0 Å². The van der Waals surface area contributed by atoms with E-state index in [1.165, 1.54) is 0 Å². The maximum Gasteiger partial charge on any atom is 0.140 e. The normalized spacial score (nSPS) is 10.9. The number of aromatic hydroxyl groups is 1. The van der Waals surface area contributed by atoms with E-state index in [1.54, 1.807) is 23.6 Å². The van der Waals surface area contributed by atoms with Crippen LogP contribution < -0.4 is 10.9 Å². The fraction of sp³-hybridized carbons (Fsp3) is 0.0526. The number of anilines is 1. The highest BCUT2D eigenvalue weighted by Gasteiger charge is 2.09. The zero-order valence-corrected chi connectivity index (χ0v) is 14.1. The van der Waals surface area contributed by atoms with Crippen molar-refractivity contribution < 1.29 is 5.11 Å². The second-order valence-electron chi connectivity index (χ2n) is 5.52. The minimum absolute atomic E-state index is 0.250. The molecule has 2 aromatic heterocycles. The molecule has 3 N–H and O–H groups in total. The van der Waals surface area contributed by atoms with Crippen molar-refractivity contribution in [1.29, 1.82) is 0 Å². The van der Waals surface area contributed by atoms with Gasteiger partial charge in [-0.1, -0.05) is 18.2 Å². The summed E-state index contributed by atoms with van der Waals surface area (Å²) in [6.45, 7) is 0.459. The molecule has 4 rings (SSSR count). The number of thiazole rings is 1. The third-order valence-corrected chi connectivity index (χ3v) is 4.87. The van der Waals surface area contributed by atoms with Gasteiger partial charge in [0.05, 0.1) is 10.2 Å². The van der Waals surface area contributed by atoms with E-state index in [9.17, 15) is 5.11 Å². The quantitative estimate of drug-likeness (QED) is 0.472. The molecule has 124 valence electrons. The molecular formula is C19H16N4OS. The number of aromatic nitrogens is 2. The summed E-state index contributed by atoms with van der Waals surface area (Å²) < 4.78 is 1.15. The van der Waals surface area contributed by atoms with Crippen LogP contribution in [0.15, 0.2) is 66.9 Å². The summed E-state index contributed by atoms with van der Waals surface area (Å²) in [5.74, 6) is 0.976. The number of nitrogens with one attached hydrogen (secondary N) is 2. The summed E-state index contributed by atoms with van der Waals surface area (Å²) in [6.07, 6.45) is 1.72. The summed E-state index contributed by atoms with van der Waals surface area (Å²) in [7, 11) is 0. The predicted molar refractivity (Wildman–Crippen MR) is 101 cm³/mol. The molecule has 0 fully saturated rings. The van der Waals surface area contributed by atoms with Crippen molar-refractivity contribution in [2.45, 2.75) is 6.54 Å². The molecule has 5 nitrogen and oxygen atoms in total. The number of pyridine rings is 1. The van der Waals surface area contributed by atoms with Crippen LogP contribution in [-0.4, -0.2) is 15.1 Å². The Morgan fingerprint density at radius 1 is 1.00 bits per heavy atom. The molecule has 0 unspecified atom stereocenters. The van der Waals surface area contributed by atoms with Crippen LogP contribution >= 0.6 is 11.3 Å². The first-order valence-corrected chi connectivity index (χ1v) is 8.69. The van der Waals surface area contributed by atoms with E-state index in [0.717, 1.165) is 32.2 Å². The minimum Gasteiger partial charge on any atom is -0.508 e. The van der Waals surface area contributed by atoms with Gasteiger partial charge in [0.2, 0.25) is 0 Å². The molecule has 0 spiro atoms. The van der Waals surface area contributed by atoms with Gasteiger partial charge < -0.3 is 10.5 Å².